The first-order chi connectivity index (χ1) is 17.7. The zero-order valence-electron chi connectivity index (χ0n) is 21.3. The van der Waals surface area contributed by atoms with Gasteiger partial charge in [0, 0.05) is 46.4 Å². The predicted octanol–water partition coefficient (Wildman–Crippen LogP) is 4.68. The van der Waals surface area contributed by atoms with Crippen LogP contribution in [0.15, 0.2) is 36.5 Å². The number of hydrogen-bond acceptors (Lipinski definition) is 8. The van der Waals surface area contributed by atoms with Gasteiger partial charge in [0.25, 0.3) is 0 Å². The maximum absolute atomic E-state index is 15.1. The van der Waals surface area contributed by atoms with Gasteiger partial charge in [-0.1, -0.05) is 0 Å². The van der Waals surface area contributed by atoms with E-state index in [2.05, 4.69) is 39.6 Å². The molecule has 2 aliphatic rings. The lowest BCUT2D eigenvalue weighted by Gasteiger charge is -2.55. The summed E-state index contributed by atoms with van der Waals surface area (Å²) in [5, 5.41) is 30.8. The number of piperidine rings is 2. The monoisotopic (exact) mass is 510 g/mol. The number of methoxy groups -OCH3 is 1. The number of anilines is 1. The van der Waals surface area contributed by atoms with Gasteiger partial charge in [-0.15, -0.1) is 15.3 Å². The SMILES string of the molecule is COc1cc(-c2cc(O)c(-c3ccc(N(CCF)[C@H]4C[C@]5(C)CCC[C@](C)(C4)N5)nn3)cc2F)cnn1. The second-order valence-electron chi connectivity index (χ2n) is 10.7. The Kier molecular flexibility index (Phi) is 6.70. The molecule has 2 bridgehead atoms. The molecule has 196 valence electrons. The van der Waals surface area contributed by atoms with Crippen LogP contribution in [-0.4, -0.2) is 63.0 Å². The molecule has 2 N–H and O–H groups in total. The second kappa shape index (κ2) is 9.81. The fraction of sp³-hybridized carbons (Fsp3) is 0.481. The molecule has 0 unspecified atom stereocenters. The van der Waals surface area contributed by atoms with Gasteiger partial charge in [0.1, 0.15) is 18.2 Å². The van der Waals surface area contributed by atoms with Crippen molar-refractivity contribution >= 4 is 5.82 Å². The van der Waals surface area contributed by atoms with Crippen molar-refractivity contribution in [2.45, 2.75) is 63.1 Å². The molecule has 2 saturated heterocycles. The second-order valence-corrected chi connectivity index (χ2v) is 10.7. The van der Waals surface area contributed by atoms with Crippen molar-refractivity contribution in [3.05, 3.63) is 42.3 Å². The molecule has 5 rings (SSSR count). The maximum Gasteiger partial charge on any atom is 0.233 e. The van der Waals surface area contributed by atoms with Crippen molar-refractivity contribution in [1.29, 1.82) is 0 Å². The third-order valence-corrected chi connectivity index (χ3v) is 7.66. The van der Waals surface area contributed by atoms with Crippen LogP contribution in [0.2, 0.25) is 0 Å². The lowest BCUT2D eigenvalue weighted by molar-refractivity contribution is 0.0767. The molecule has 0 amide bonds. The van der Waals surface area contributed by atoms with Gasteiger partial charge in [0.15, 0.2) is 5.82 Å². The number of nitrogens with one attached hydrogen (secondary N) is 1. The standard InChI is InChI=1S/C27H32F2N6O2/c1-26-7-4-8-27(2,34-26)15-18(14-26)35(10-9-28)24-6-5-22(31-32-24)20-12-21(29)19(13-23(20)36)17-11-25(37-3)33-30-16-17/h5-6,11-13,16,18,34,36H,4,7-10,14-15H2,1-3H3/t18-,26-,27+. The Morgan fingerprint density at radius 1 is 1.08 bits per heavy atom. The minimum atomic E-state index is -0.560. The van der Waals surface area contributed by atoms with E-state index in [1.807, 2.05) is 4.90 Å². The van der Waals surface area contributed by atoms with Crippen molar-refractivity contribution in [1.82, 2.24) is 25.7 Å². The highest BCUT2D eigenvalue weighted by molar-refractivity contribution is 5.75. The highest BCUT2D eigenvalue weighted by Gasteiger charge is 2.47. The number of ether oxygens (including phenoxy) is 1. The lowest BCUT2D eigenvalue weighted by Crippen LogP contribution is -2.67. The summed E-state index contributed by atoms with van der Waals surface area (Å²) in [5.74, 6) is 0.0996. The molecule has 0 radical (unpaired) electrons. The largest absolute Gasteiger partial charge is 0.507 e. The summed E-state index contributed by atoms with van der Waals surface area (Å²) in [6.45, 7) is 4.22. The number of phenols is 1. The quantitative estimate of drug-likeness (QED) is 0.473. The van der Waals surface area contributed by atoms with Crippen LogP contribution in [0.1, 0.15) is 46.0 Å². The molecule has 4 heterocycles. The highest BCUT2D eigenvalue weighted by atomic mass is 19.1. The molecule has 1 aromatic carbocycles. The van der Waals surface area contributed by atoms with Gasteiger partial charge in [-0.05, 0) is 70.2 Å². The van der Waals surface area contributed by atoms with Gasteiger partial charge in [-0.3, -0.25) is 0 Å². The van der Waals surface area contributed by atoms with Gasteiger partial charge in [0.05, 0.1) is 19.0 Å². The fourth-order valence-corrected chi connectivity index (χ4v) is 6.14. The molecule has 2 aromatic heterocycles. The van der Waals surface area contributed by atoms with E-state index in [0.717, 1.165) is 25.7 Å². The Labute approximate surface area is 215 Å². The van der Waals surface area contributed by atoms with Gasteiger partial charge in [-0.25, -0.2) is 8.78 Å². The zero-order valence-corrected chi connectivity index (χ0v) is 21.3. The molecule has 2 fully saturated rings. The maximum atomic E-state index is 15.1. The summed E-state index contributed by atoms with van der Waals surface area (Å²) >= 11 is 0. The highest BCUT2D eigenvalue weighted by Crippen LogP contribution is 2.42. The number of aromatic nitrogens is 4. The molecule has 3 aromatic rings. The zero-order chi connectivity index (χ0) is 26.2. The molecular weight excluding hydrogens is 478 g/mol. The van der Waals surface area contributed by atoms with Crippen molar-refractivity contribution in [2.75, 3.05) is 25.2 Å². The number of aromatic hydroxyl groups is 1. The molecule has 8 nitrogen and oxygen atoms in total. The van der Waals surface area contributed by atoms with Gasteiger partial charge >= 0.3 is 0 Å². The van der Waals surface area contributed by atoms with Gasteiger partial charge in [0.2, 0.25) is 5.88 Å². The van der Waals surface area contributed by atoms with E-state index < -0.39 is 12.5 Å². The molecule has 0 saturated carbocycles. The average molecular weight is 511 g/mol. The molecule has 3 atom stereocenters. The van der Waals surface area contributed by atoms with E-state index >= 15 is 4.39 Å². The Morgan fingerprint density at radius 3 is 2.49 bits per heavy atom. The Balaban J connectivity index is 1.42. The van der Waals surface area contributed by atoms with Crippen molar-refractivity contribution < 1.29 is 18.6 Å². The molecule has 0 spiro atoms. The fourth-order valence-electron chi connectivity index (χ4n) is 6.14. The number of halogens is 2. The number of phenolic OH excluding ortho intramolecular Hbond substituents is 1. The number of fused-ring (bicyclic) bond motifs is 2. The first-order valence-corrected chi connectivity index (χ1v) is 12.6. The van der Waals surface area contributed by atoms with Crippen molar-refractivity contribution in [3.63, 3.8) is 0 Å². The average Bonchev–Trinajstić information content (AvgIpc) is 2.87. The van der Waals surface area contributed by atoms with E-state index in [4.69, 9.17) is 4.74 Å². The normalized spacial score (nSPS) is 25.1. The predicted molar refractivity (Wildman–Crippen MR) is 137 cm³/mol. The van der Waals surface area contributed by atoms with Crippen LogP contribution in [0.5, 0.6) is 11.6 Å². The number of benzene rings is 1. The van der Waals surface area contributed by atoms with Crippen LogP contribution in [0.25, 0.3) is 22.4 Å². The smallest absolute Gasteiger partial charge is 0.233 e. The van der Waals surface area contributed by atoms with E-state index in [1.165, 1.54) is 37.9 Å². The summed E-state index contributed by atoms with van der Waals surface area (Å²) in [5.41, 5.74) is 1.13. The summed E-state index contributed by atoms with van der Waals surface area (Å²) in [6.07, 6.45) is 6.56. The third kappa shape index (κ3) is 5.07. The summed E-state index contributed by atoms with van der Waals surface area (Å²) in [7, 11) is 1.44. The van der Waals surface area contributed by atoms with Gasteiger partial charge < -0.3 is 20.1 Å². The van der Waals surface area contributed by atoms with Crippen LogP contribution in [0, 0.1) is 5.82 Å². The first kappa shape index (κ1) is 25.3. The Bertz CT molecular complexity index is 1260. The molecule has 37 heavy (non-hydrogen) atoms. The van der Waals surface area contributed by atoms with Crippen LogP contribution in [0.3, 0.4) is 0 Å². The van der Waals surface area contributed by atoms with Crippen LogP contribution in [0.4, 0.5) is 14.6 Å². The van der Waals surface area contributed by atoms with Gasteiger partial charge in [-0.2, -0.15) is 5.10 Å². The van der Waals surface area contributed by atoms with E-state index in [0.29, 0.717) is 17.1 Å². The van der Waals surface area contributed by atoms with Crippen LogP contribution >= 0.6 is 0 Å². The number of hydrogen-bond donors (Lipinski definition) is 2. The molecule has 2 aliphatic heterocycles. The molecule has 0 aliphatic carbocycles. The molecule has 10 heteroatoms. The summed E-state index contributed by atoms with van der Waals surface area (Å²) in [4.78, 5) is 2.01. The molecular formula is C27H32F2N6O2. The van der Waals surface area contributed by atoms with Crippen molar-refractivity contribution in [2.24, 2.45) is 0 Å². The van der Waals surface area contributed by atoms with E-state index in [9.17, 15) is 9.50 Å². The van der Waals surface area contributed by atoms with E-state index in [-0.39, 0.29) is 46.4 Å². The lowest BCUT2D eigenvalue weighted by atomic mass is 9.69. The minimum Gasteiger partial charge on any atom is -0.507 e. The minimum absolute atomic E-state index is 0.0112. The van der Waals surface area contributed by atoms with Crippen LogP contribution < -0.4 is 15.0 Å². The number of nitrogens with zero attached hydrogens (tertiary/aromatic N) is 5. The Hall–Kier alpha value is -3.40. The Morgan fingerprint density at radius 2 is 1.84 bits per heavy atom. The first-order valence-electron chi connectivity index (χ1n) is 12.6. The third-order valence-electron chi connectivity index (χ3n) is 7.66. The number of rotatable bonds is 7. The number of alkyl halides is 1. The van der Waals surface area contributed by atoms with Crippen molar-refractivity contribution in [3.8, 4) is 34.0 Å². The van der Waals surface area contributed by atoms with Crippen LogP contribution in [-0.2, 0) is 0 Å². The summed E-state index contributed by atoms with van der Waals surface area (Å²) < 4.78 is 33.8. The van der Waals surface area contributed by atoms with E-state index in [1.54, 1.807) is 12.1 Å². The summed E-state index contributed by atoms with van der Waals surface area (Å²) in [6, 6.07) is 7.66. The topological polar surface area (TPSA) is 96.3 Å².